The Morgan fingerprint density at radius 3 is 1.81 bits per heavy atom. The average Bonchev–Trinajstić information content (AvgIpc) is 2.65. The van der Waals surface area contributed by atoms with Gasteiger partial charge in [0, 0.05) is 0 Å². The van der Waals surface area contributed by atoms with Crippen molar-refractivity contribution in [2.24, 2.45) is 0 Å². The van der Waals surface area contributed by atoms with E-state index in [0.717, 1.165) is 19.3 Å². The van der Waals surface area contributed by atoms with Crippen LogP contribution in [0.25, 0.3) is 0 Å². The summed E-state index contributed by atoms with van der Waals surface area (Å²) >= 11 is 0. The number of aromatic carboxylic acids is 1. The van der Waals surface area contributed by atoms with Crippen LogP contribution in [0.3, 0.4) is 0 Å². The van der Waals surface area contributed by atoms with Gasteiger partial charge in [-0.1, -0.05) is 90.4 Å². The van der Waals surface area contributed by atoms with Crippen LogP contribution in [0.5, 0.6) is 5.75 Å². The minimum absolute atomic E-state index is 0.0144. The molecule has 4 nitrogen and oxygen atoms in total. The van der Waals surface area contributed by atoms with Crippen molar-refractivity contribution < 1.29 is 20.1 Å². The van der Waals surface area contributed by atoms with E-state index in [1.54, 1.807) is 0 Å². The molecule has 0 bridgehead atoms. The van der Waals surface area contributed by atoms with Gasteiger partial charge in [0.2, 0.25) is 0 Å². The SMILES string of the molecule is CCCCCCCCCCCCCCCC(O)c1cc(O)ccc1C(=O)O. The number of carbonyl (C=O) groups is 1. The molecular formula is C23H38O4. The molecule has 0 aliphatic heterocycles. The summed E-state index contributed by atoms with van der Waals surface area (Å²) in [5, 5.41) is 29.0. The molecule has 1 aromatic carbocycles. The minimum atomic E-state index is -1.07. The molecular weight excluding hydrogens is 340 g/mol. The van der Waals surface area contributed by atoms with Gasteiger partial charge in [0.15, 0.2) is 0 Å². The van der Waals surface area contributed by atoms with E-state index in [1.165, 1.54) is 82.4 Å². The van der Waals surface area contributed by atoms with Crippen LogP contribution in [0.2, 0.25) is 0 Å². The Morgan fingerprint density at radius 2 is 1.33 bits per heavy atom. The molecule has 1 atom stereocenters. The van der Waals surface area contributed by atoms with Crippen molar-refractivity contribution in [2.75, 3.05) is 0 Å². The average molecular weight is 379 g/mol. The van der Waals surface area contributed by atoms with Gasteiger partial charge in [0.25, 0.3) is 0 Å². The van der Waals surface area contributed by atoms with Crippen molar-refractivity contribution in [2.45, 2.75) is 103 Å². The van der Waals surface area contributed by atoms with Crippen molar-refractivity contribution in [3.63, 3.8) is 0 Å². The molecule has 0 saturated heterocycles. The van der Waals surface area contributed by atoms with E-state index in [2.05, 4.69) is 6.92 Å². The number of phenols is 1. The molecule has 0 fully saturated rings. The molecule has 1 aromatic rings. The molecule has 3 N–H and O–H groups in total. The Balaban J connectivity index is 2.07. The van der Waals surface area contributed by atoms with Gasteiger partial charge in [-0.3, -0.25) is 0 Å². The lowest BCUT2D eigenvalue weighted by molar-refractivity contribution is 0.0687. The van der Waals surface area contributed by atoms with Crippen LogP contribution in [-0.4, -0.2) is 21.3 Å². The van der Waals surface area contributed by atoms with Crippen LogP contribution in [0.4, 0.5) is 0 Å². The minimum Gasteiger partial charge on any atom is -0.508 e. The van der Waals surface area contributed by atoms with Crippen LogP contribution in [0.1, 0.15) is 119 Å². The van der Waals surface area contributed by atoms with E-state index in [9.17, 15) is 20.1 Å². The molecule has 1 unspecified atom stereocenters. The van der Waals surface area contributed by atoms with Gasteiger partial charge < -0.3 is 15.3 Å². The Labute approximate surface area is 164 Å². The zero-order valence-electron chi connectivity index (χ0n) is 17.0. The third-order valence-corrected chi connectivity index (χ3v) is 5.21. The number of phenolic OH excluding ortho intramolecular Hbond substituents is 1. The summed E-state index contributed by atoms with van der Waals surface area (Å²) < 4.78 is 0. The number of aliphatic hydroxyl groups excluding tert-OH is 1. The first kappa shape index (κ1) is 23.5. The van der Waals surface area contributed by atoms with Crippen LogP contribution < -0.4 is 0 Å². The topological polar surface area (TPSA) is 77.8 Å². The monoisotopic (exact) mass is 378 g/mol. The highest BCUT2D eigenvalue weighted by Gasteiger charge is 2.17. The Kier molecular flexibility index (Phi) is 12.6. The summed E-state index contributed by atoms with van der Waals surface area (Å²) in [4.78, 5) is 11.2. The number of benzene rings is 1. The standard InChI is InChI=1S/C23H38O4/c1-2-3-4-5-6-7-8-9-10-11-12-13-14-15-22(25)21-18-19(24)16-17-20(21)23(26)27/h16-18,22,24-25H,2-15H2,1H3,(H,26,27). The quantitative estimate of drug-likeness (QED) is 0.283. The van der Waals surface area contributed by atoms with Gasteiger partial charge in [0.1, 0.15) is 5.75 Å². The van der Waals surface area contributed by atoms with Crippen molar-refractivity contribution >= 4 is 5.97 Å². The van der Waals surface area contributed by atoms with Gasteiger partial charge >= 0.3 is 5.97 Å². The van der Waals surface area contributed by atoms with Crippen LogP contribution in [0, 0.1) is 0 Å². The maximum atomic E-state index is 11.2. The third-order valence-electron chi connectivity index (χ3n) is 5.21. The zero-order chi connectivity index (χ0) is 19.9. The Hall–Kier alpha value is -1.55. The van der Waals surface area contributed by atoms with Crippen LogP contribution >= 0.6 is 0 Å². The highest BCUT2D eigenvalue weighted by Crippen LogP contribution is 2.27. The lowest BCUT2D eigenvalue weighted by Gasteiger charge is -2.14. The normalized spacial score (nSPS) is 12.2. The van der Waals surface area contributed by atoms with Gasteiger partial charge in [-0.15, -0.1) is 0 Å². The summed E-state index contributed by atoms with van der Waals surface area (Å²) in [6, 6.07) is 4.04. The fourth-order valence-electron chi connectivity index (χ4n) is 3.53. The third kappa shape index (κ3) is 10.4. The van der Waals surface area contributed by atoms with Gasteiger partial charge in [0.05, 0.1) is 11.7 Å². The van der Waals surface area contributed by atoms with Gasteiger partial charge in [-0.2, -0.15) is 0 Å². The molecule has 1 rings (SSSR count). The van der Waals surface area contributed by atoms with E-state index >= 15 is 0 Å². The first-order valence-corrected chi connectivity index (χ1v) is 10.8. The van der Waals surface area contributed by atoms with Crippen LogP contribution in [0.15, 0.2) is 18.2 Å². The van der Waals surface area contributed by atoms with E-state index in [0.29, 0.717) is 12.0 Å². The van der Waals surface area contributed by atoms with Gasteiger partial charge in [-0.05, 0) is 30.2 Å². The number of hydrogen-bond donors (Lipinski definition) is 3. The highest BCUT2D eigenvalue weighted by molar-refractivity contribution is 5.89. The van der Waals surface area contributed by atoms with E-state index in [-0.39, 0.29) is 11.3 Å². The first-order chi connectivity index (χ1) is 13.1. The number of aromatic hydroxyl groups is 1. The molecule has 4 heteroatoms. The lowest BCUT2D eigenvalue weighted by atomic mass is 9.97. The van der Waals surface area contributed by atoms with E-state index in [4.69, 9.17) is 0 Å². The van der Waals surface area contributed by atoms with Crippen LogP contribution in [-0.2, 0) is 0 Å². The molecule has 0 heterocycles. The van der Waals surface area contributed by atoms with Crippen molar-refractivity contribution in [1.29, 1.82) is 0 Å². The van der Waals surface area contributed by atoms with E-state index in [1.807, 2.05) is 0 Å². The molecule has 0 saturated carbocycles. The Bertz CT molecular complexity index is 527. The van der Waals surface area contributed by atoms with Gasteiger partial charge in [-0.25, -0.2) is 4.79 Å². The maximum Gasteiger partial charge on any atom is 0.336 e. The summed E-state index contributed by atoms with van der Waals surface area (Å²) in [5.74, 6) is -1.09. The number of unbranched alkanes of at least 4 members (excludes halogenated alkanes) is 12. The fraction of sp³-hybridized carbons (Fsp3) is 0.696. The Morgan fingerprint density at radius 1 is 0.852 bits per heavy atom. The number of aliphatic hydroxyl groups is 1. The number of hydrogen-bond acceptors (Lipinski definition) is 3. The summed E-state index contributed by atoms with van der Waals surface area (Å²) in [7, 11) is 0. The lowest BCUT2D eigenvalue weighted by Crippen LogP contribution is -2.07. The van der Waals surface area contributed by atoms with Crippen molar-refractivity contribution in [3.8, 4) is 5.75 Å². The largest absolute Gasteiger partial charge is 0.508 e. The molecule has 0 spiro atoms. The number of rotatable bonds is 16. The second-order valence-electron chi connectivity index (χ2n) is 7.62. The summed E-state index contributed by atoms with van der Waals surface area (Å²) in [6.45, 7) is 2.25. The fourth-order valence-corrected chi connectivity index (χ4v) is 3.53. The van der Waals surface area contributed by atoms with Crippen molar-refractivity contribution in [3.05, 3.63) is 29.3 Å². The second kappa shape index (κ2) is 14.5. The highest BCUT2D eigenvalue weighted by atomic mass is 16.4. The molecule has 0 radical (unpaired) electrons. The summed E-state index contributed by atoms with van der Waals surface area (Å²) in [5.41, 5.74) is 0.372. The first-order valence-electron chi connectivity index (χ1n) is 10.8. The predicted octanol–water partition coefficient (Wildman–Crippen LogP) is 6.61. The number of carboxylic acids is 1. The molecule has 0 aromatic heterocycles. The summed E-state index contributed by atoms with van der Waals surface area (Å²) in [6.07, 6.45) is 16.2. The second-order valence-corrected chi connectivity index (χ2v) is 7.62. The smallest absolute Gasteiger partial charge is 0.336 e. The number of carboxylic acid groups (broad SMARTS) is 1. The molecule has 0 aliphatic rings. The molecule has 0 amide bonds. The van der Waals surface area contributed by atoms with Crippen molar-refractivity contribution in [1.82, 2.24) is 0 Å². The molecule has 27 heavy (non-hydrogen) atoms. The van der Waals surface area contributed by atoms with E-state index < -0.39 is 12.1 Å². The predicted molar refractivity (Wildman–Crippen MR) is 110 cm³/mol. The molecule has 0 aliphatic carbocycles. The molecule has 154 valence electrons. The zero-order valence-corrected chi connectivity index (χ0v) is 17.0. The maximum absolute atomic E-state index is 11.2.